The first kappa shape index (κ1) is 15.7. The first-order chi connectivity index (χ1) is 12.2. The van der Waals surface area contributed by atoms with Gasteiger partial charge in [0.05, 0.1) is 34.0 Å². The maximum atomic E-state index is 12.4. The summed E-state index contributed by atoms with van der Waals surface area (Å²) in [5.74, 6) is 0.589. The standard InChI is InChI=1S/C16H11ClN6OS/c17-10-5-18-16(19-6-10)22-14(24)7-23-13-4-2-1-3-11(13)21-15(23)12-8-25-9-20-12/h1-6,8-9H,7H2,(H,18,19,22,24). The lowest BCUT2D eigenvalue weighted by Gasteiger charge is -2.08. The van der Waals surface area contributed by atoms with Gasteiger partial charge < -0.3 is 4.57 Å². The summed E-state index contributed by atoms with van der Waals surface area (Å²) >= 11 is 7.23. The van der Waals surface area contributed by atoms with Crippen LogP contribution in [0.2, 0.25) is 5.02 Å². The van der Waals surface area contributed by atoms with Crippen LogP contribution in [0.15, 0.2) is 47.5 Å². The topological polar surface area (TPSA) is 85.6 Å². The predicted molar refractivity (Wildman–Crippen MR) is 96.5 cm³/mol. The Morgan fingerprint density at radius 3 is 2.76 bits per heavy atom. The molecule has 0 aliphatic rings. The zero-order valence-electron chi connectivity index (χ0n) is 12.8. The van der Waals surface area contributed by atoms with Crippen molar-refractivity contribution in [2.45, 2.75) is 6.54 Å². The van der Waals surface area contributed by atoms with Gasteiger partial charge in [-0.1, -0.05) is 23.7 Å². The van der Waals surface area contributed by atoms with Gasteiger partial charge in [-0.25, -0.2) is 19.9 Å². The molecule has 4 aromatic rings. The SMILES string of the molecule is O=C(Cn1c(-c2cscn2)nc2ccccc21)Nc1ncc(Cl)cn1. The van der Waals surface area contributed by atoms with Gasteiger partial charge in [-0.15, -0.1) is 11.3 Å². The zero-order valence-corrected chi connectivity index (χ0v) is 14.3. The molecule has 4 rings (SSSR count). The molecule has 1 aromatic carbocycles. The Morgan fingerprint density at radius 2 is 2.00 bits per heavy atom. The van der Waals surface area contributed by atoms with E-state index in [9.17, 15) is 4.79 Å². The van der Waals surface area contributed by atoms with Crippen molar-refractivity contribution in [1.29, 1.82) is 0 Å². The molecule has 7 nitrogen and oxygen atoms in total. The minimum Gasteiger partial charge on any atom is -0.313 e. The number of para-hydroxylation sites is 2. The summed E-state index contributed by atoms with van der Waals surface area (Å²) in [7, 11) is 0. The fraction of sp³-hybridized carbons (Fsp3) is 0.0625. The number of amides is 1. The Hall–Kier alpha value is -2.84. The quantitative estimate of drug-likeness (QED) is 0.596. The van der Waals surface area contributed by atoms with Gasteiger partial charge in [-0.2, -0.15) is 0 Å². The van der Waals surface area contributed by atoms with Crippen LogP contribution in [0.25, 0.3) is 22.6 Å². The van der Waals surface area contributed by atoms with Crippen LogP contribution in [-0.4, -0.2) is 30.4 Å². The number of aromatic nitrogens is 5. The smallest absolute Gasteiger partial charge is 0.246 e. The number of thiazole rings is 1. The number of imidazole rings is 1. The van der Waals surface area contributed by atoms with Crippen molar-refractivity contribution >= 4 is 45.8 Å². The highest BCUT2D eigenvalue weighted by molar-refractivity contribution is 7.07. The maximum absolute atomic E-state index is 12.4. The maximum Gasteiger partial charge on any atom is 0.246 e. The van der Waals surface area contributed by atoms with Crippen molar-refractivity contribution < 1.29 is 4.79 Å². The molecule has 0 aliphatic carbocycles. The number of nitrogens with one attached hydrogen (secondary N) is 1. The van der Waals surface area contributed by atoms with E-state index >= 15 is 0 Å². The highest BCUT2D eigenvalue weighted by Crippen LogP contribution is 2.24. The van der Waals surface area contributed by atoms with Crippen LogP contribution in [0.3, 0.4) is 0 Å². The number of carbonyl (C=O) groups is 1. The van der Waals surface area contributed by atoms with E-state index < -0.39 is 0 Å². The molecule has 1 N–H and O–H groups in total. The lowest BCUT2D eigenvalue weighted by molar-refractivity contribution is -0.116. The van der Waals surface area contributed by atoms with Crippen molar-refractivity contribution in [2.24, 2.45) is 0 Å². The normalized spacial score (nSPS) is 10.9. The van der Waals surface area contributed by atoms with Crippen LogP contribution in [0.4, 0.5) is 5.95 Å². The van der Waals surface area contributed by atoms with Crippen molar-refractivity contribution in [1.82, 2.24) is 24.5 Å². The molecule has 0 spiro atoms. The molecule has 124 valence electrons. The monoisotopic (exact) mass is 370 g/mol. The van der Waals surface area contributed by atoms with Gasteiger partial charge in [0, 0.05) is 5.38 Å². The molecule has 25 heavy (non-hydrogen) atoms. The number of hydrogen-bond acceptors (Lipinski definition) is 6. The highest BCUT2D eigenvalue weighted by atomic mass is 35.5. The van der Waals surface area contributed by atoms with E-state index in [4.69, 9.17) is 11.6 Å². The van der Waals surface area contributed by atoms with Crippen molar-refractivity contribution in [3.63, 3.8) is 0 Å². The van der Waals surface area contributed by atoms with E-state index in [0.29, 0.717) is 10.8 Å². The second-order valence-corrected chi connectivity index (χ2v) is 6.31. The Kier molecular flexibility index (Phi) is 4.12. The summed E-state index contributed by atoms with van der Waals surface area (Å²) in [6, 6.07) is 7.64. The molecular formula is C16H11ClN6OS. The molecule has 3 heterocycles. The molecule has 0 aliphatic heterocycles. The fourth-order valence-electron chi connectivity index (χ4n) is 2.44. The Morgan fingerprint density at radius 1 is 1.20 bits per heavy atom. The van der Waals surface area contributed by atoms with E-state index in [1.165, 1.54) is 23.7 Å². The minimum absolute atomic E-state index is 0.0688. The summed E-state index contributed by atoms with van der Waals surface area (Å²) in [6.45, 7) is 0.0688. The van der Waals surface area contributed by atoms with Crippen molar-refractivity contribution in [2.75, 3.05) is 5.32 Å². The Bertz CT molecular complexity index is 1030. The van der Waals surface area contributed by atoms with Crippen molar-refractivity contribution in [3.05, 3.63) is 52.6 Å². The van der Waals surface area contributed by atoms with Gasteiger partial charge in [-0.05, 0) is 12.1 Å². The summed E-state index contributed by atoms with van der Waals surface area (Å²) in [4.78, 5) is 29.3. The molecular weight excluding hydrogens is 360 g/mol. The molecule has 9 heteroatoms. The van der Waals surface area contributed by atoms with Crippen LogP contribution in [0.5, 0.6) is 0 Å². The summed E-state index contributed by atoms with van der Waals surface area (Å²) < 4.78 is 1.83. The minimum atomic E-state index is -0.262. The molecule has 0 atom stereocenters. The molecule has 0 fully saturated rings. The zero-order chi connectivity index (χ0) is 17.2. The van der Waals surface area contributed by atoms with Gasteiger partial charge in [0.15, 0.2) is 5.82 Å². The van der Waals surface area contributed by atoms with Gasteiger partial charge in [0.1, 0.15) is 12.2 Å². The average Bonchev–Trinajstić information content (AvgIpc) is 3.25. The van der Waals surface area contributed by atoms with Crippen LogP contribution in [-0.2, 0) is 11.3 Å². The van der Waals surface area contributed by atoms with Gasteiger partial charge in [-0.3, -0.25) is 10.1 Å². The molecule has 0 radical (unpaired) electrons. The van der Waals surface area contributed by atoms with Gasteiger partial charge in [0.2, 0.25) is 11.9 Å². The molecule has 3 aromatic heterocycles. The third-order valence-electron chi connectivity index (χ3n) is 3.49. The van der Waals surface area contributed by atoms with Crippen molar-refractivity contribution in [3.8, 4) is 11.5 Å². The molecule has 0 bridgehead atoms. The van der Waals surface area contributed by atoms with E-state index in [1.807, 2.05) is 34.2 Å². The van der Waals surface area contributed by atoms with Crippen LogP contribution < -0.4 is 5.32 Å². The first-order valence-corrected chi connectivity index (χ1v) is 8.64. The predicted octanol–water partition coefficient (Wildman–Crippen LogP) is 3.24. The second-order valence-electron chi connectivity index (χ2n) is 5.16. The lowest BCUT2D eigenvalue weighted by Crippen LogP contribution is -2.20. The summed E-state index contributed by atoms with van der Waals surface area (Å²) in [6.07, 6.45) is 2.86. The fourth-order valence-corrected chi connectivity index (χ4v) is 3.07. The second kappa shape index (κ2) is 6.58. The van der Waals surface area contributed by atoms with Crippen LogP contribution >= 0.6 is 22.9 Å². The number of benzene rings is 1. The van der Waals surface area contributed by atoms with E-state index in [-0.39, 0.29) is 18.4 Å². The number of nitrogens with zero attached hydrogens (tertiary/aromatic N) is 5. The van der Waals surface area contributed by atoms with E-state index in [0.717, 1.165) is 16.7 Å². The lowest BCUT2D eigenvalue weighted by atomic mass is 10.3. The molecule has 0 unspecified atom stereocenters. The van der Waals surface area contributed by atoms with Gasteiger partial charge >= 0.3 is 0 Å². The van der Waals surface area contributed by atoms with Crippen LogP contribution in [0, 0.1) is 0 Å². The third-order valence-corrected chi connectivity index (χ3v) is 4.27. The number of anilines is 1. The summed E-state index contributed by atoms with van der Waals surface area (Å²) in [5.41, 5.74) is 4.14. The number of carbonyl (C=O) groups excluding carboxylic acids is 1. The van der Waals surface area contributed by atoms with Gasteiger partial charge in [0.25, 0.3) is 0 Å². The number of halogens is 1. The van der Waals surface area contributed by atoms with Crippen LogP contribution in [0.1, 0.15) is 0 Å². The molecule has 0 saturated carbocycles. The number of rotatable bonds is 4. The van der Waals surface area contributed by atoms with E-state index in [2.05, 4.69) is 25.3 Å². The van der Waals surface area contributed by atoms with E-state index in [1.54, 1.807) is 5.51 Å². The average molecular weight is 371 g/mol. The highest BCUT2D eigenvalue weighted by Gasteiger charge is 2.16. The Labute approximate surface area is 151 Å². The first-order valence-electron chi connectivity index (χ1n) is 7.32. The number of hydrogen-bond donors (Lipinski definition) is 1. The third kappa shape index (κ3) is 3.21. The molecule has 0 saturated heterocycles. The Balaban J connectivity index is 1.67. The summed E-state index contributed by atoms with van der Waals surface area (Å²) in [5, 5.41) is 4.97. The largest absolute Gasteiger partial charge is 0.313 e. The number of fused-ring (bicyclic) bond motifs is 1. The molecule has 1 amide bonds.